The summed E-state index contributed by atoms with van der Waals surface area (Å²) in [7, 11) is 0. The van der Waals surface area contributed by atoms with E-state index in [1.165, 1.54) is 0 Å². The van der Waals surface area contributed by atoms with E-state index in [1.54, 1.807) is 133 Å². The molecule has 0 fully saturated rings. The van der Waals surface area contributed by atoms with Crippen molar-refractivity contribution < 1.29 is 68.4 Å². The van der Waals surface area contributed by atoms with Crippen LogP contribution in [-0.4, -0.2) is 157 Å². The number of benzene rings is 4. The van der Waals surface area contributed by atoms with E-state index >= 15 is 0 Å². The molecule has 10 amide bonds. The van der Waals surface area contributed by atoms with E-state index < -0.39 is 170 Å². The van der Waals surface area contributed by atoms with Crippen LogP contribution in [0.15, 0.2) is 131 Å². The summed E-state index contributed by atoms with van der Waals surface area (Å²) in [6.07, 6.45) is -14.0. The Labute approximate surface area is 634 Å². The first-order valence-electron chi connectivity index (χ1n) is 36.3. The zero-order chi connectivity index (χ0) is 81.4. The minimum absolute atomic E-state index is 0. The summed E-state index contributed by atoms with van der Waals surface area (Å²) in [6.45, 7) is 8.44. The molecule has 0 aliphatic heterocycles. The Morgan fingerprint density at radius 3 is 1.05 bits per heavy atom. The van der Waals surface area contributed by atoms with Crippen molar-refractivity contribution in [2.75, 3.05) is 26.2 Å². The number of guanidine groups is 2. The van der Waals surface area contributed by atoms with Crippen molar-refractivity contribution in [2.45, 2.75) is 206 Å². The second kappa shape index (κ2) is 49.9. The quantitative estimate of drug-likeness (QED) is 0.0132. The molecule has 0 radical (unpaired) electrons. The maximum absolute atomic E-state index is 14.1. The van der Waals surface area contributed by atoms with Gasteiger partial charge in [-0.2, -0.15) is 0 Å². The van der Waals surface area contributed by atoms with Gasteiger partial charge in [-0.1, -0.05) is 136 Å². The Morgan fingerprint density at radius 2 is 0.709 bits per heavy atom. The number of alkyl carbamates (subject to hydrolysis) is 2. The zero-order valence-electron chi connectivity index (χ0n) is 65.9. The molecule has 24 N–H and O–H groups in total. The molecule has 572 valence electrons. The van der Waals surface area contributed by atoms with E-state index in [0.29, 0.717) is 16.7 Å². The second-order valence-electron chi connectivity index (χ2n) is 24.8. The predicted molar refractivity (Wildman–Crippen MR) is 411 cm³/mol. The lowest BCUT2D eigenvalue weighted by Gasteiger charge is -2.27. The van der Waals surface area contributed by atoms with Crippen LogP contribution in [0.1, 0.15) is 154 Å². The van der Waals surface area contributed by atoms with Crippen LogP contribution < -0.4 is 88.4 Å². The first-order chi connectivity index (χ1) is 50.2. The van der Waals surface area contributed by atoms with Crippen LogP contribution >= 0.6 is 24.0 Å². The largest absolute Gasteiger partial charge is 0.444 e. The first-order valence-corrected chi connectivity index (χ1v) is 32.3. The molecule has 0 aliphatic carbocycles. The number of nitrogens with zero attached hydrogens (tertiary/aromatic N) is 2. The highest BCUT2D eigenvalue weighted by atomic mass is 127. The van der Waals surface area contributed by atoms with Gasteiger partial charge in [0.25, 0.3) is 0 Å². The summed E-state index contributed by atoms with van der Waals surface area (Å²) in [6, 6.07) is 24.1. The predicted octanol–water partition coefficient (Wildman–Crippen LogP) is 2.86. The molecule has 0 unspecified atom stereocenters. The van der Waals surface area contributed by atoms with Gasteiger partial charge < -0.3 is 97.9 Å². The molecule has 0 spiro atoms. The van der Waals surface area contributed by atoms with Gasteiger partial charge in [0.1, 0.15) is 53.5 Å². The van der Waals surface area contributed by atoms with Gasteiger partial charge in [-0.3, -0.25) is 48.3 Å². The zero-order valence-corrected chi connectivity index (χ0v) is 60.2. The fraction of sp³-hybridized carbons (Fsp3) is 0.500. The molecule has 8 atom stereocenters. The average molecular weight is 1560 g/mol. The highest BCUT2D eigenvalue weighted by molar-refractivity contribution is 14.0. The molecular formula is C72H115IN18O12. The average Bonchev–Trinajstić information content (AvgIpc) is 0.813. The molecule has 103 heavy (non-hydrogen) atoms. The summed E-state index contributed by atoms with van der Waals surface area (Å²) in [4.78, 5) is 140. The van der Waals surface area contributed by atoms with Crippen LogP contribution in [0.5, 0.6) is 0 Å². The maximum Gasteiger partial charge on any atom is 0.408 e. The van der Waals surface area contributed by atoms with E-state index in [-0.39, 0.29) is 115 Å². The number of nitrogens with one attached hydrogen (secondary N) is 8. The van der Waals surface area contributed by atoms with Crippen molar-refractivity contribution in [3.63, 3.8) is 0 Å². The Balaban J connectivity index is 0.00000219. The maximum atomic E-state index is 14.1. The Bertz CT molecular complexity index is 3660. The number of rotatable bonds is 40. The number of amides is 10. The van der Waals surface area contributed by atoms with Gasteiger partial charge in [0, 0.05) is 49.9 Å². The van der Waals surface area contributed by atoms with Gasteiger partial charge in [-0.25, -0.2) is 9.59 Å². The number of aliphatic imine (C=N–C) groups is 2. The number of ether oxygens (including phenoxy) is 2. The number of nitrogens with two attached hydrogens (primary N) is 8. The standard InChI is InChI=1S/C40H61N9O8.C30H45N9O4.2CH4.HI/c1-39(2,3)56-37(54)45-22-14-13-20-28(32(41)50)46-34(52)30(24-26-16-9-7-10-17-26)48-33(51)29(21-15-23-44-36(42)43)47-35(53)31(25-27-18-11-8-12-19-27)49-38(55)57-40(4,5)6;31-16-8-7-14-23(26(33)40)37-29(43)25(19-21-12-5-2-6-13-21)39-28(42)24(15-9-17-36-30(34)35)38-27(41)22(32)18-20-10-3-1-4-11-20;;;/h7-12,16-19,28-31H,13-15,20-25H2,1-6H3,(H2,41,50)(H,45,54)(H,46,52)(H,47,53)(H,48,51)(H,49,55)(H4,42,43,44);1-6,10-13,22-25H,7-9,14-19,31-32H2,(H2,33,40)(H,37,43)(H,38,41)(H,39,42)(H4,34,35,36);2*1H4;1H/t28-,29+,30-,31-;22-,23-,24+,25-;;;/m00.../s1/i13D2,14D2;7D2,8D2;;;. The van der Waals surface area contributed by atoms with Crippen LogP contribution in [0, 0.1) is 0 Å². The summed E-state index contributed by atoms with van der Waals surface area (Å²) in [5.74, 6) is -7.48. The number of halogens is 1. The van der Waals surface area contributed by atoms with Crippen molar-refractivity contribution in [1.82, 2.24) is 42.5 Å². The van der Waals surface area contributed by atoms with Crippen molar-refractivity contribution in [3.8, 4) is 0 Å². The van der Waals surface area contributed by atoms with Crippen LogP contribution in [0.25, 0.3) is 0 Å². The van der Waals surface area contributed by atoms with Gasteiger partial charge in [0.15, 0.2) is 11.9 Å². The van der Waals surface area contributed by atoms with E-state index in [1.807, 2.05) is 30.3 Å². The SMILES string of the molecule is C.C.I.[2H]C([2H])(CN)C([2H])([2H])C[C@H](NC(=O)[C@H](Cc1ccccc1)NC(=O)[C@@H](CCCN=C(N)N)NC(=O)[C@@H](N)Cc1ccccc1)C(N)=O.[2H]C([2H])(CNC(=O)OC(C)(C)C)C([2H])([2H])C[C@H](NC(=O)[C@H](Cc1ccccc1)NC(=O)[C@@H](CCCN=C(N)N)NC(=O)[C@H](Cc1ccccc1)NC(=O)OC(C)(C)C)C(N)=O. The van der Waals surface area contributed by atoms with Crippen LogP contribution in [-0.2, 0) is 73.5 Å². The first kappa shape index (κ1) is 79.1. The van der Waals surface area contributed by atoms with E-state index in [0.717, 1.165) is 5.56 Å². The van der Waals surface area contributed by atoms with Gasteiger partial charge in [-0.05, 0) is 141 Å². The molecule has 30 nitrogen and oxygen atoms in total. The topological polar surface area (TPSA) is 518 Å². The van der Waals surface area contributed by atoms with Gasteiger partial charge in [-0.15, -0.1) is 24.0 Å². The Hall–Kier alpha value is -9.63. The van der Waals surface area contributed by atoms with Crippen molar-refractivity contribution >= 4 is 95.3 Å². The molecule has 4 aromatic rings. The number of carbonyl (C=O) groups is 10. The molecule has 4 rings (SSSR count). The van der Waals surface area contributed by atoms with Crippen molar-refractivity contribution in [3.05, 3.63) is 144 Å². The van der Waals surface area contributed by atoms with Crippen LogP contribution in [0.4, 0.5) is 9.59 Å². The third-order valence-electron chi connectivity index (χ3n) is 13.9. The fourth-order valence-corrected chi connectivity index (χ4v) is 9.13. The molecule has 0 saturated heterocycles. The highest BCUT2D eigenvalue weighted by Crippen LogP contribution is 2.14. The number of hydrogen-bond donors (Lipinski definition) is 16. The molecule has 0 saturated carbocycles. The summed E-state index contributed by atoms with van der Waals surface area (Å²) in [5, 5.41) is 20.0. The summed E-state index contributed by atoms with van der Waals surface area (Å²) < 4.78 is 76.3. The third-order valence-corrected chi connectivity index (χ3v) is 13.9. The third kappa shape index (κ3) is 41.2. The lowest BCUT2D eigenvalue weighted by Crippen LogP contribution is -2.59. The fourth-order valence-electron chi connectivity index (χ4n) is 9.13. The van der Waals surface area contributed by atoms with Gasteiger partial charge >= 0.3 is 12.2 Å². The molecule has 0 aromatic heterocycles. The molecule has 0 aliphatic rings. The minimum atomic E-state index is -2.86. The Morgan fingerprint density at radius 1 is 0.408 bits per heavy atom. The highest BCUT2D eigenvalue weighted by Gasteiger charge is 2.34. The van der Waals surface area contributed by atoms with Gasteiger partial charge in [0.05, 0.1) is 6.04 Å². The lowest BCUT2D eigenvalue weighted by molar-refractivity contribution is -0.133. The molecule has 31 heteroatoms. The normalized spacial score (nSPS) is 14.8. The van der Waals surface area contributed by atoms with Crippen molar-refractivity contribution in [1.29, 1.82) is 0 Å². The minimum Gasteiger partial charge on any atom is -0.444 e. The lowest BCUT2D eigenvalue weighted by atomic mass is 10.0. The van der Waals surface area contributed by atoms with Gasteiger partial charge in [0.2, 0.25) is 47.3 Å². The number of hydrogen-bond acceptors (Lipinski definition) is 16. The number of carbonyl (C=O) groups excluding carboxylic acids is 10. The summed E-state index contributed by atoms with van der Waals surface area (Å²) >= 11 is 0. The molecule has 4 aromatic carbocycles. The van der Waals surface area contributed by atoms with Crippen LogP contribution in [0.2, 0.25) is 0 Å². The van der Waals surface area contributed by atoms with Crippen LogP contribution in [0.3, 0.4) is 0 Å². The van der Waals surface area contributed by atoms with E-state index in [2.05, 4.69) is 52.5 Å². The smallest absolute Gasteiger partial charge is 0.408 e. The summed E-state index contributed by atoms with van der Waals surface area (Å²) in [5.41, 5.74) is 45.2. The monoisotopic (exact) mass is 1560 g/mol. The number of primary amides is 2. The molecular weight excluding hydrogens is 1440 g/mol. The van der Waals surface area contributed by atoms with E-state index in [4.69, 9.17) is 66.3 Å². The van der Waals surface area contributed by atoms with E-state index in [9.17, 15) is 47.9 Å². The molecule has 0 heterocycles. The Kier molecular flexibility index (Phi) is 38.3. The second-order valence-corrected chi connectivity index (χ2v) is 24.8. The molecule has 0 bridgehead atoms. The van der Waals surface area contributed by atoms with Crippen molar-refractivity contribution in [2.24, 2.45) is 55.9 Å².